The van der Waals surface area contributed by atoms with E-state index in [1.54, 1.807) is 0 Å². The maximum Gasteiger partial charge on any atom is 0.234 e. The van der Waals surface area contributed by atoms with Gasteiger partial charge in [-0.3, -0.25) is 9.69 Å². The van der Waals surface area contributed by atoms with E-state index in [4.69, 9.17) is 0 Å². The van der Waals surface area contributed by atoms with Crippen LogP contribution in [0.2, 0.25) is 0 Å². The van der Waals surface area contributed by atoms with E-state index in [-0.39, 0.29) is 11.4 Å². The summed E-state index contributed by atoms with van der Waals surface area (Å²) in [5.74, 6) is 0.184. The Hall–Kier alpha value is -1.35. The lowest BCUT2D eigenvalue weighted by atomic mass is 10.1. The Morgan fingerprint density at radius 1 is 1.11 bits per heavy atom. The maximum atomic E-state index is 12.2. The average molecular weight is 258 g/mol. The van der Waals surface area contributed by atoms with Crippen LogP contribution in [-0.2, 0) is 10.3 Å². The monoisotopic (exact) mass is 258 g/mol. The fourth-order valence-electron chi connectivity index (χ4n) is 3.00. The Labute approximate surface area is 115 Å². The van der Waals surface area contributed by atoms with E-state index in [1.165, 1.54) is 24.8 Å². The second-order valence-electron chi connectivity index (χ2n) is 5.83. The lowest BCUT2D eigenvalue weighted by molar-refractivity contribution is -0.123. The number of carbonyl (C=O) groups excluding carboxylic acids is 1. The first-order valence-electron chi connectivity index (χ1n) is 7.37. The van der Waals surface area contributed by atoms with Crippen LogP contribution >= 0.6 is 0 Å². The van der Waals surface area contributed by atoms with Crippen LogP contribution in [0.3, 0.4) is 0 Å². The highest BCUT2D eigenvalue weighted by Crippen LogP contribution is 2.45. The lowest BCUT2D eigenvalue weighted by Crippen LogP contribution is -2.43. The zero-order chi connectivity index (χ0) is 13.1. The number of hydrogen-bond donors (Lipinski definition) is 1. The second kappa shape index (κ2) is 5.33. The van der Waals surface area contributed by atoms with Gasteiger partial charge in [-0.2, -0.15) is 0 Å². The van der Waals surface area contributed by atoms with Crippen LogP contribution < -0.4 is 5.32 Å². The van der Waals surface area contributed by atoms with Crippen molar-refractivity contribution in [1.29, 1.82) is 0 Å². The molecule has 0 spiro atoms. The molecule has 3 nitrogen and oxygen atoms in total. The summed E-state index contributed by atoms with van der Waals surface area (Å²) in [5.41, 5.74) is 1.19. The van der Waals surface area contributed by atoms with Crippen LogP contribution in [0.5, 0.6) is 0 Å². The molecule has 0 unspecified atom stereocenters. The number of benzene rings is 1. The number of nitrogens with zero attached hydrogens (tertiary/aromatic N) is 1. The molecule has 19 heavy (non-hydrogen) atoms. The third-order valence-corrected chi connectivity index (χ3v) is 4.27. The predicted molar refractivity (Wildman–Crippen MR) is 75.8 cm³/mol. The summed E-state index contributed by atoms with van der Waals surface area (Å²) in [6.45, 7) is 2.71. The molecule has 0 radical (unpaired) electrons. The number of piperidine rings is 1. The van der Waals surface area contributed by atoms with Crippen LogP contribution in [-0.4, -0.2) is 30.4 Å². The fourth-order valence-corrected chi connectivity index (χ4v) is 3.00. The summed E-state index contributed by atoms with van der Waals surface area (Å²) in [7, 11) is 0. The number of amides is 1. The van der Waals surface area contributed by atoms with Gasteiger partial charge in [-0.1, -0.05) is 36.8 Å². The number of carbonyl (C=O) groups is 1. The average Bonchev–Trinajstić information content (AvgIpc) is 3.21. The fraction of sp³-hybridized carbons (Fsp3) is 0.562. The number of rotatable bonds is 4. The Balaban J connectivity index is 1.57. The molecule has 2 fully saturated rings. The molecule has 1 heterocycles. The van der Waals surface area contributed by atoms with Gasteiger partial charge in [-0.05, 0) is 44.3 Å². The van der Waals surface area contributed by atoms with E-state index in [0.717, 1.165) is 25.9 Å². The topological polar surface area (TPSA) is 32.3 Å². The van der Waals surface area contributed by atoms with E-state index in [0.29, 0.717) is 6.54 Å². The quantitative estimate of drug-likeness (QED) is 0.898. The molecule has 2 aliphatic rings. The van der Waals surface area contributed by atoms with Crippen LogP contribution in [0.15, 0.2) is 30.3 Å². The first-order chi connectivity index (χ1) is 9.28. The molecule has 1 N–H and O–H groups in total. The Kier molecular flexibility index (Phi) is 3.56. The van der Waals surface area contributed by atoms with E-state index in [2.05, 4.69) is 22.3 Å². The zero-order valence-corrected chi connectivity index (χ0v) is 11.4. The molecule has 102 valence electrons. The summed E-state index contributed by atoms with van der Waals surface area (Å²) in [5, 5.41) is 3.25. The molecule has 1 aliphatic carbocycles. The van der Waals surface area contributed by atoms with Crippen LogP contribution in [0.4, 0.5) is 0 Å². The molecule has 0 bridgehead atoms. The molecule has 3 heteroatoms. The van der Waals surface area contributed by atoms with Crippen LogP contribution in [0.25, 0.3) is 0 Å². The van der Waals surface area contributed by atoms with E-state index in [9.17, 15) is 4.79 Å². The van der Waals surface area contributed by atoms with Gasteiger partial charge >= 0.3 is 0 Å². The minimum atomic E-state index is -0.0614. The van der Waals surface area contributed by atoms with Gasteiger partial charge in [0.2, 0.25) is 5.91 Å². The van der Waals surface area contributed by atoms with Crippen molar-refractivity contribution in [2.75, 3.05) is 19.6 Å². The highest BCUT2D eigenvalue weighted by Gasteiger charge is 2.45. The molecule has 1 aromatic carbocycles. The molecule has 0 aromatic heterocycles. The summed E-state index contributed by atoms with van der Waals surface area (Å²) in [4.78, 5) is 14.5. The Morgan fingerprint density at radius 3 is 2.42 bits per heavy atom. The molecule has 3 rings (SSSR count). The van der Waals surface area contributed by atoms with Gasteiger partial charge in [0.1, 0.15) is 0 Å². The van der Waals surface area contributed by atoms with Gasteiger partial charge < -0.3 is 5.32 Å². The van der Waals surface area contributed by atoms with E-state index in [1.807, 2.05) is 18.2 Å². The Morgan fingerprint density at radius 2 is 1.79 bits per heavy atom. The van der Waals surface area contributed by atoms with E-state index >= 15 is 0 Å². The van der Waals surface area contributed by atoms with Crippen molar-refractivity contribution in [2.24, 2.45) is 0 Å². The van der Waals surface area contributed by atoms with Crippen molar-refractivity contribution in [2.45, 2.75) is 37.6 Å². The van der Waals surface area contributed by atoms with E-state index < -0.39 is 0 Å². The molecule has 1 amide bonds. The van der Waals surface area contributed by atoms with Crippen molar-refractivity contribution >= 4 is 5.91 Å². The standard InChI is InChI=1S/C16H22N2O/c19-15(13-18-11-5-2-6-12-18)17-16(9-10-16)14-7-3-1-4-8-14/h1,3-4,7-8H,2,5-6,9-13H2,(H,17,19). The number of likely N-dealkylation sites (tertiary alicyclic amines) is 1. The van der Waals surface area contributed by atoms with Gasteiger partial charge in [0.15, 0.2) is 0 Å². The SMILES string of the molecule is O=C(CN1CCCCC1)NC1(c2ccccc2)CC1. The van der Waals surface area contributed by atoms with Gasteiger partial charge in [-0.15, -0.1) is 0 Å². The van der Waals surface area contributed by atoms with Crippen molar-refractivity contribution in [3.63, 3.8) is 0 Å². The number of nitrogens with one attached hydrogen (secondary N) is 1. The summed E-state index contributed by atoms with van der Waals surface area (Å²) in [6.07, 6.45) is 5.92. The highest BCUT2D eigenvalue weighted by atomic mass is 16.2. The van der Waals surface area contributed by atoms with Crippen molar-refractivity contribution in [3.05, 3.63) is 35.9 Å². The minimum Gasteiger partial charge on any atom is -0.345 e. The van der Waals surface area contributed by atoms with Crippen molar-refractivity contribution in [3.8, 4) is 0 Å². The highest BCUT2D eigenvalue weighted by molar-refractivity contribution is 5.79. The second-order valence-corrected chi connectivity index (χ2v) is 5.83. The van der Waals surface area contributed by atoms with Gasteiger partial charge in [0, 0.05) is 0 Å². The molecule has 1 aromatic rings. The van der Waals surface area contributed by atoms with Crippen molar-refractivity contribution in [1.82, 2.24) is 10.2 Å². The van der Waals surface area contributed by atoms with Gasteiger partial charge in [0.25, 0.3) is 0 Å². The van der Waals surface area contributed by atoms with Gasteiger partial charge in [-0.25, -0.2) is 0 Å². The maximum absolute atomic E-state index is 12.2. The molecule has 1 aliphatic heterocycles. The minimum absolute atomic E-state index is 0.0614. The smallest absolute Gasteiger partial charge is 0.234 e. The summed E-state index contributed by atoms with van der Waals surface area (Å²) >= 11 is 0. The van der Waals surface area contributed by atoms with Crippen molar-refractivity contribution < 1.29 is 4.79 Å². The third-order valence-electron chi connectivity index (χ3n) is 4.27. The van der Waals surface area contributed by atoms with Gasteiger partial charge in [0.05, 0.1) is 12.1 Å². The molecule has 0 atom stereocenters. The summed E-state index contributed by atoms with van der Waals surface area (Å²) in [6, 6.07) is 10.4. The first-order valence-corrected chi connectivity index (χ1v) is 7.37. The normalized spacial score (nSPS) is 21.9. The Bertz CT molecular complexity index is 433. The zero-order valence-electron chi connectivity index (χ0n) is 11.4. The predicted octanol–water partition coefficient (Wildman–Crippen LogP) is 2.28. The molecule has 1 saturated carbocycles. The molecular formula is C16H22N2O. The van der Waals surface area contributed by atoms with Crippen LogP contribution in [0.1, 0.15) is 37.7 Å². The lowest BCUT2D eigenvalue weighted by Gasteiger charge is -2.27. The summed E-state index contributed by atoms with van der Waals surface area (Å²) < 4.78 is 0. The molecule has 1 saturated heterocycles. The first kappa shape index (κ1) is 12.7. The third kappa shape index (κ3) is 2.98. The molecular weight excluding hydrogens is 236 g/mol. The largest absolute Gasteiger partial charge is 0.345 e. The van der Waals surface area contributed by atoms with Crippen LogP contribution in [0, 0.1) is 0 Å². The number of hydrogen-bond acceptors (Lipinski definition) is 2.